The minimum Gasteiger partial charge on any atom is -0.397 e. The predicted octanol–water partition coefficient (Wildman–Crippen LogP) is 2.04. The quantitative estimate of drug-likeness (QED) is 0.692. The lowest BCUT2D eigenvalue weighted by atomic mass is 10.3. The Morgan fingerprint density at radius 2 is 2.38 bits per heavy atom. The van der Waals surface area contributed by atoms with Crippen molar-refractivity contribution in [3.63, 3.8) is 0 Å². The van der Waals surface area contributed by atoms with Crippen molar-refractivity contribution in [2.24, 2.45) is 0 Å². The van der Waals surface area contributed by atoms with Gasteiger partial charge in [-0.05, 0) is 12.5 Å². The summed E-state index contributed by atoms with van der Waals surface area (Å²) in [6.45, 7) is 2.90. The van der Waals surface area contributed by atoms with E-state index in [0.29, 0.717) is 0 Å². The molecule has 0 aromatic carbocycles. The summed E-state index contributed by atoms with van der Waals surface area (Å²) >= 11 is 0. The maximum absolute atomic E-state index is 5.71. The number of pyridine rings is 1. The molecule has 1 heterocycles. The summed E-state index contributed by atoms with van der Waals surface area (Å²) in [7, 11) is 0. The Kier molecular flexibility index (Phi) is 3.82. The van der Waals surface area contributed by atoms with E-state index in [0.717, 1.165) is 24.3 Å². The van der Waals surface area contributed by atoms with E-state index < -0.39 is 0 Å². The molecule has 1 aromatic rings. The maximum atomic E-state index is 5.71. The van der Waals surface area contributed by atoms with E-state index in [2.05, 4.69) is 29.4 Å². The molecule has 0 atom stereocenters. The standard InChI is InChI=1S/C10H15N3/c1-2-3-4-6-13-10-8-12-7-5-9(10)11/h3-5,7-8,13H,2,6H2,1H3,(H2,11,12)/b4-3+. The smallest absolute Gasteiger partial charge is 0.0762 e. The zero-order valence-electron chi connectivity index (χ0n) is 7.83. The first-order chi connectivity index (χ1) is 6.34. The van der Waals surface area contributed by atoms with Crippen LogP contribution in [0.2, 0.25) is 0 Å². The van der Waals surface area contributed by atoms with Crippen LogP contribution in [0.15, 0.2) is 30.6 Å². The molecule has 3 N–H and O–H groups in total. The summed E-state index contributed by atoms with van der Waals surface area (Å²) < 4.78 is 0. The average molecular weight is 177 g/mol. The highest BCUT2D eigenvalue weighted by Crippen LogP contribution is 2.14. The number of hydrogen-bond acceptors (Lipinski definition) is 3. The predicted molar refractivity (Wildman–Crippen MR) is 56.6 cm³/mol. The zero-order valence-corrected chi connectivity index (χ0v) is 7.83. The fourth-order valence-electron chi connectivity index (χ4n) is 0.972. The van der Waals surface area contributed by atoms with Crippen molar-refractivity contribution in [3.05, 3.63) is 30.6 Å². The Hall–Kier alpha value is -1.51. The van der Waals surface area contributed by atoms with Crippen LogP contribution in [0.4, 0.5) is 11.4 Å². The number of anilines is 2. The lowest BCUT2D eigenvalue weighted by Crippen LogP contribution is -2.01. The summed E-state index contributed by atoms with van der Waals surface area (Å²) in [4.78, 5) is 3.98. The maximum Gasteiger partial charge on any atom is 0.0762 e. The SMILES string of the molecule is CC/C=C/CNc1cnccc1N. The second-order valence-corrected chi connectivity index (χ2v) is 2.72. The Bertz CT molecular complexity index is 281. The van der Waals surface area contributed by atoms with Crippen LogP contribution >= 0.6 is 0 Å². The molecule has 0 aliphatic rings. The van der Waals surface area contributed by atoms with Crippen LogP contribution in [0.5, 0.6) is 0 Å². The van der Waals surface area contributed by atoms with Gasteiger partial charge in [-0.25, -0.2) is 0 Å². The van der Waals surface area contributed by atoms with E-state index in [9.17, 15) is 0 Å². The highest BCUT2D eigenvalue weighted by molar-refractivity contribution is 5.64. The normalized spacial score (nSPS) is 10.5. The van der Waals surface area contributed by atoms with Gasteiger partial charge in [-0.1, -0.05) is 19.1 Å². The second-order valence-electron chi connectivity index (χ2n) is 2.72. The number of allylic oxidation sites excluding steroid dienone is 1. The van der Waals surface area contributed by atoms with Crippen molar-refractivity contribution < 1.29 is 0 Å². The first kappa shape index (κ1) is 9.58. The molecule has 1 rings (SSSR count). The van der Waals surface area contributed by atoms with E-state index in [1.54, 1.807) is 18.5 Å². The molecule has 0 amide bonds. The van der Waals surface area contributed by atoms with Gasteiger partial charge in [-0.2, -0.15) is 0 Å². The third-order valence-electron chi connectivity index (χ3n) is 1.67. The number of nitrogens with two attached hydrogens (primary N) is 1. The number of rotatable bonds is 4. The highest BCUT2D eigenvalue weighted by Gasteiger charge is 1.93. The minimum atomic E-state index is 0.736. The Labute approximate surface area is 78.7 Å². The van der Waals surface area contributed by atoms with Crippen molar-refractivity contribution in [1.82, 2.24) is 4.98 Å². The molecule has 0 saturated carbocycles. The summed E-state index contributed by atoms with van der Waals surface area (Å²) in [5.74, 6) is 0. The van der Waals surface area contributed by atoms with Gasteiger partial charge in [0.15, 0.2) is 0 Å². The molecule has 0 unspecified atom stereocenters. The molecular formula is C10H15N3. The third-order valence-corrected chi connectivity index (χ3v) is 1.67. The third kappa shape index (κ3) is 3.15. The number of nitrogens with one attached hydrogen (secondary N) is 1. The van der Waals surface area contributed by atoms with Gasteiger partial charge in [-0.3, -0.25) is 4.98 Å². The molecule has 3 heteroatoms. The van der Waals surface area contributed by atoms with Gasteiger partial charge in [0.1, 0.15) is 0 Å². The van der Waals surface area contributed by atoms with Crippen LogP contribution in [0.3, 0.4) is 0 Å². The molecule has 0 radical (unpaired) electrons. The minimum absolute atomic E-state index is 0.736. The van der Waals surface area contributed by atoms with Crippen molar-refractivity contribution >= 4 is 11.4 Å². The molecule has 13 heavy (non-hydrogen) atoms. The largest absolute Gasteiger partial charge is 0.397 e. The first-order valence-electron chi connectivity index (χ1n) is 4.43. The van der Waals surface area contributed by atoms with Gasteiger partial charge in [0.25, 0.3) is 0 Å². The van der Waals surface area contributed by atoms with E-state index in [1.165, 1.54) is 0 Å². The average Bonchev–Trinajstić information content (AvgIpc) is 2.15. The lowest BCUT2D eigenvalue weighted by molar-refractivity contribution is 1.19. The number of nitrogen functional groups attached to an aromatic ring is 1. The summed E-state index contributed by atoms with van der Waals surface area (Å²) in [5.41, 5.74) is 7.34. The van der Waals surface area contributed by atoms with Gasteiger partial charge in [0, 0.05) is 12.7 Å². The Morgan fingerprint density at radius 3 is 3.08 bits per heavy atom. The molecule has 0 saturated heterocycles. The first-order valence-corrected chi connectivity index (χ1v) is 4.43. The van der Waals surface area contributed by atoms with E-state index in [4.69, 9.17) is 5.73 Å². The monoisotopic (exact) mass is 177 g/mol. The van der Waals surface area contributed by atoms with E-state index in [-0.39, 0.29) is 0 Å². The molecule has 0 fully saturated rings. The van der Waals surface area contributed by atoms with Crippen molar-refractivity contribution in [2.75, 3.05) is 17.6 Å². The number of aromatic nitrogens is 1. The van der Waals surface area contributed by atoms with Crippen molar-refractivity contribution in [2.45, 2.75) is 13.3 Å². The summed E-state index contributed by atoms with van der Waals surface area (Å²) in [6.07, 6.45) is 8.66. The van der Waals surface area contributed by atoms with Gasteiger partial charge in [0.05, 0.1) is 17.6 Å². The second kappa shape index (κ2) is 5.19. The van der Waals surface area contributed by atoms with Crippen LogP contribution in [-0.2, 0) is 0 Å². The number of nitrogens with zero attached hydrogens (tertiary/aromatic N) is 1. The molecule has 0 aliphatic carbocycles. The van der Waals surface area contributed by atoms with Gasteiger partial charge >= 0.3 is 0 Å². The highest BCUT2D eigenvalue weighted by atomic mass is 14.9. The molecule has 70 valence electrons. The van der Waals surface area contributed by atoms with Gasteiger partial charge in [-0.15, -0.1) is 0 Å². The summed E-state index contributed by atoms with van der Waals surface area (Å²) in [5, 5.41) is 3.17. The Morgan fingerprint density at radius 1 is 1.54 bits per heavy atom. The number of hydrogen-bond donors (Lipinski definition) is 2. The fourth-order valence-corrected chi connectivity index (χ4v) is 0.972. The molecule has 3 nitrogen and oxygen atoms in total. The topological polar surface area (TPSA) is 50.9 Å². The van der Waals surface area contributed by atoms with Gasteiger partial charge < -0.3 is 11.1 Å². The molecule has 0 aliphatic heterocycles. The van der Waals surface area contributed by atoms with Crippen LogP contribution < -0.4 is 11.1 Å². The molecule has 0 bridgehead atoms. The van der Waals surface area contributed by atoms with Crippen LogP contribution in [0.1, 0.15) is 13.3 Å². The van der Waals surface area contributed by atoms with E-state index >= 15 is 0 Å². The molecular weight excluding hydrogens is 162 g/mol. The van der Waals surface area contributed by atoms with Gasteiger partial charge in [0.2, 0.25) is 0 Å². The zero-order chi connectivity index (χ0) is 9.52. The molecule has 1 aromatic heterocycles. The summed E-state index contributed by atoms with van der Waals surface area (Å²) in [6, 6.07) is 1.78. The molecule has 0 spiro atoms. The van der Waals surface area contributed by atoms with Crippen molar-refractivity contribution in [3.8, 4) is 0 Å². The van der Waals surface area contributed by atoms with Crippen LogP contribution in [0.25, 0.3) is 0 Å². The Balaban J connectivity index is 2.45. The van der Waals surface area contributed by atoms with Crippen LogP contribution in [0, 0.1) is 0 Å². The fraction of sp³-hybridized carbons (Fsp3) is 0.300. The van der Waals surface area contributed by atoms with Crippen LogP contribution in [-0.4, -0.2) is 11.5 Å². The lowest BCUT2D eigenvalue weighted by Gasteiger charge is -2.04. The van der Waals surface area contributed by atoms with E-state index in [1.807, 2.05) is 0 Å². The van der Waals surface area contributed by atoms with Crippen molar-refractivity contribution in [1.29, 1.82) is 0 Å².